The SMILES string of the molecule is CC(C)[C@@H]1NC(=O)[C@H](CCC(=O)O)NC(=O)[C@H](Cc2ccc(O)cc2)NC(=O)[C@H](CCCNC(=N)N)NC(=O)[C@H](CO)NC(=O)[C@@H](NC(=O)[C@H](C)N)CSCc2cc3cc(c2)CSC[C@H](NC(=O)[C@H](CC(=O)O)NC1=O)C(=O)N[C@@H](CCCNC(=N)N)C(=O)NCC(=O)N[C@@H](CCCNC(=N)N)C(=O)N[C@@H](CCCCN)C(=O)N[C@@H](CO)C(=O)N[C@@H](C)C(=O)N[C@H](C(=O)NCC(=O)O)CSC3. The van der Waals surface area contributed by atoms with Gasteiger partial charge in [0.25, 0.3) is 0 Å². The minimum atomic E-state index is -2.19. The van der Waals surface area contributed by atoms with Gasteiger partial charge in [-0.25, -0.2) is 0 Å². The fourth-order valence-corrected chi connectivity index (χ4v) is 16.1. The average molecular weight is 1980 g/mol. The van der Waals surface area contributed by atoms with Gasteiger partial charge >= 0.3 is 17.9 Å². The van der Waals surface area contributed by atoms with E-state index in [0.717, 1.165) is 35.3 Å². The standard InChI is InChI=1S/C81H127N27O25S3/c1-39(2)63-78(133)102-53(28-61(115)116)73(128)107-58-38-136-35-45-25-43(24-44(26-45)34-135-37-57(105-64(119)40(3)83)77(132)104-55(32-110)75(130)99-50(13-9-23-92-81(88)89)69(124)101-52(27-42-14-16-46(111)17-15-42)72(127)100-51(71(126)108-63)18-19-60(113)114)33-134-36-56(67(122)94-30-62(117)118)106-65(120)41(4)95-74(129)54(31-109)103-70(125)49(10-5-6-20-82)98-68(123)48(12-8-22-91-80(86)87)96-59(112)29-93-66(121)47(97-76(58)131)11-7-21-90-79(84)85/h14-17,24-26,39-41,47-58,63,109-111H,5-13,18-23,27-38,82-83H2,1-4H3,(H,93,121)(H,94,122)(H,95,129)(H,96,112)(H,97,131)(H,98,123)(H,99,130)(H,100,127)(H,101,124)(H,102,133)(H,103,125)(H,104,132)(H,105,119)(H,106,120)(H,107,128)(H,108,126)(H,113,114)(H,115,116)(H,117,118)(H4,84,85,90)(H4,86,87,91)(H4,88,89,92)/t40-,41-,47-,48-,49-,50-,51-,52-,53-,54-,55-,56-,57-,58-,63-/m0/s1. The van der Waals surface area contributed by atoms with Crippen LogP contribution in [0.5, 0.6) is 5.75 Å². The van der Waals surface area contributed by atoms with Crippen LogP contribution >= 0.6 is 35.3 Å². The third-order valence-corrected chi connectivity index (χ3v) is 23.6. The Bertz CT molecular complexity index is 4520. The first-order valence-electron chi connectivity index (χ1n) is 43.3. The summed E-state index contributed by atoms with van der Waals surface area (Å²) in [5.41, 5.74) is 29.8. The van der Waals surface area contributed by atoms with E-state index in [0.29, 0.717) is 16.7 Å². The monoisotopic (exact) mass is 1970 g/mol. The molecule has 2 aliphatic heterocycles. The molecule has 2 aromatic rings. The van der Waals surface area contributed by atoms with Crippen molar-refractivity contribution in [1.29, 1.82) is 16.2 Å². The molecule has 55 heteroatoms. The first kappa shape index (κ1) is 115. The Morgan fingerprint density at radius 1 is 0.456 bits per heavy atom. The highest BCUT2D eigenvalue weighted by Gasteiger charge is 2.40. The molecule has 4 bridgehead atoms. The molecule has 38 N–H and O–H groups in total. The molecule has 16 amide bonds. The third-order valence-electron chi connectivity index (χ3n) is 20.3. The molecule has 4 rings (SSSR count). The van der Waals surface area contributed by atoms with Gasteiger partial charge in [0.15, 0.2) is 17.9 Å². The summed E-state index contributed by atoms with van der Waals surface area (Å²) < 4.78 is 0. The molecule has 754 valence electrons. The summed E-state index contributed by atoms with van der Waals surface area (Å²) in [7, 11) is 0. The molecule has 0 radical (unpaired) electrons. The van der Waals surface area contributed by atoms with E-state index < -0.39 is 285 Å². The number of hydrogen-bond acceptors (Lipinski definition) is 30. The Morgan fingerprint density at radius 2 is 0.882 bits per heavy atom. The van der Waals surface area contributed by atoms with Gasteiger partial charge in [0, 0.05) is 67.0 Å². The fourth-order valence-electron chi connectivity index (χ4n) is 13.1. The quantitative estimate of drug-likeness (QED) is 0.0189. The second-order valence-electron chi connectivity index (χ2n) is 32.1. The summed E-state index contributed by atoms with van der Waals surface area (Å²) in [4.78, 5) is 269. The zero-order valence-corrected chi connectivity index (χ0v) is 77.9. The van der Waals surface area contributed by atoms with Crippen molar-refractivity contribution in [3.05, 3.63) is 64.7 Å². The second kappa shape index (κ2) is 60.3. The van der Waals surface area contributed by atoms with E-state index in [1.54, 1.807) is 18.2 Å². The number of carbonyl (C=O) groups excluding carboxylic acids is 16. The molecule has 52 nitrogen and oxygen atoms in total. The van der Waals surface area contributed by atoms with Gasteiger partial charge in [-0.05, 0) is 125 Å². The number of thioether (sulfide) groups is 3. The molecule has 0 fully saturated rings. The molecule has 2 aliphatic rings. The molecule has 136 heavy (non-hydrogen) atoms. The maximum atomic E-state index is 15.3. The van der Waals surface area contributed by atoms with Gasteiger partial charge in [-0.2, -0.15) is 35.3 Å². The first-order valence-corrected chi connectivity index (χ1v) is 46.8. The molecule has 15 atom stereocenters. The van der Waals surface area contributed by atoms with Crippen molar-refractivity contribution in [2.45, 2.75) is 219 Å². The second-order valence-corrected chi connectivity index (χ2v) is 35.2. The number of phenolic OH excluding ortho intramolecular Hbond substituents is 1. The number of phenols is 1. The highest BCUT2D eigenvalue weighted by Crippen LogP contribution is 2.26. The first-order chi connectivity index (χ1) is 64.3. The van der Waals surface area contributed by atoms with Crippen molar-refractivity contribution < 1.29 is 122 Å². The van der Waals surface area contributed by atoms with E-state index in [9.17, 15) is 112 Å². The fraction of sp³-hybridized carbons (Fsp3) is 0.580. The molecular formula is C81H127N27O25S3. The van der Waals surface area contributed by atoms with E-state index >= 15 is 9.59 Å². The lowest BCUT2D eigenvalue weighted by Gasteiger charge is -2.29. The normalized spacial score (nSPS) is 23.6. The van der Waals surface area contributed by atoms with Gasteiger partial charge in [-0.1, -0.05) is 44.2 Å². The van der Waals surface area contributed by atoms with Crippen molar-refractivity contribution in [1.82, 2.24) is 101 Å². The van der Waals surface area contributed by atoms with Crippen molar-refractivity contribution in [2.24, 2.45) is 34.6 Å². The van der Waals surface area contributed by atoms with E-state index in [1.807, 2.05) is 0 Å². The van der Waals surface area contributed by atoms with Crippen LogP contribution in [0.3, 0.4) is 0 Å². The maximum Gasteiger partial charge on any atom is 0.322 e. The summed E-state index contributed by atoms with van der Waals surface area (Å²) in [6.07, 6.45) is -4.18. The number of unbranched alkanes of at least 4 members (excludes halogenated alkanes) is 1. The Hall–Kier alpha value is -13.1. The molecule has 0 aliphatic carbocycles. The summed E-state index contributed by atoms with van der Waals surface area (Å²) >= 11 is 2.88. The number of nitrogens with two attached hydrogens (primary N) is 5. The summed E-state index contributed by atoms with van der Waals surface area (Å²) in [5, 5.41) is 131. The number of benzene rings is 2. The number of carbonyl (C=O) groups is 19. The molecule has 2 heterocycles. The van der Waals surface area contributed by atoms with Crippen molar-refractivity contribution in [3.8, 4) is 5.75 Å². The lowest BCUT2D eigenvalue weighted by molar-refractivity contribution is -0.142. The minimum absolute atomic E-state index is 0.00516. The average Bonchev–Trinajstić information content (AvgIpc) is 0.888. The van der Waals surface area contributed by atoms with E-state index in [2.05, 4.69) is 101 Å². The number of fused-ring (bicyclic) bond motifs is 5. The number of nitrogens with one attached hydrogen (secondary N) is 22. The molecule has 0 saturated carbocycles. The number of amides is 16. The van der Waals surface area contributed by atoms with Gasteiger partial charge in [-0.15, -0.1) is 0 Å². The van der Waals surface area contributed by atoms with Crippen molar-refractivity contribution >= 4 is 166 Å². The van der Waals surface area contributed by atoms with Crippen LogP contribution in [0, 0.1) is 22.1 Å². The van der Waals surface area contributed by atoms with Crippen LogP contribution in [0.15, 0.2) is 42.5 Å². The number of aliphatic carboxylic acids is 3. The lowest BCUT2D eigenvalue weighted by atomic mass is 10.0. The van der Waals surface area contributed by atoms with Gasteiger partial charge in [0.2, 0.25) is 94.5 Å². The highest BCUT2D eigenvalue weighted by atomic mass is 32.2. The Morgan fingerprint density at radius 3 is 1.37 bits per heavy atom. The van der Waals surface area contributed by atoms with E-state index in [1.165, 1.54) is 52.0 Å². The molecule has 0 unspecified atom stereocenters. The topological polar surface area (TPSA) is 876 Å². The van der Waals surface area contributed by atoms with Crippen LogP contribution in [0.1, 0.15) is 127 Å². The number of carboxylic acids is 3. The number of rotatable bonds is 31. The third kappa shape index (κ3) is 43.5. The number of guanidine groups is 3. The van der Waals surface area contributed by atoms with Crippen LogP contribution < -0.4 is 130 Å². The van der Waals surface area contributed by atoms with Crippen LogP contribution in [-0.2, 0) is 115 Å². The summed E-state index contributed by atoms with van der Waals surface area (Å²) in [6, 6.07) is -16.0. The van der Waals surface area contributed by atoms with E-state index in [4.69, 9.17) is 44.9 Å². The van der Waals surface area contributed by atoms with E-state index in [-0.39, 0.29) is 124 Å². The highest BCUT2D eigenvalue weighted by molar-refractivity contribution is 7.99. The lowest BCUT2D eigenvalue weighted by Crippen LogP contribution is -2.62. The number of aromatic hydroxyl groups is 1. The van der Waals surface area contributed by atoms with Crippen LogP contribution in [0.2, 0.25) is 0 Å². The van der Waals surface area contributed by atoms with Gasteiger partial charge in [0.05, 0.1) is 32.2 Å². The number of carboxylic acid groups (broad SMARTS) is 3. The maximum absolute atomic E-state index is 15.3. The molecular weight excluding hydrogens is 1850 g/mol. The Labute approximate surface area is 794 Å². The Kier molecular flexibility index (Phi) is 51.0. The predicted molar refractivity (Wildman–Crippen MR) is 495 cm³/mol. The predicted octanol–water partition coefficient (Wildman–Crippen LogP) is -10.3. The zero-order chi connectivity index (χ0) is 101. The molecule has 0 saturated heterocycles. The van der Waals surface area contributed by atoms with Crippen molar-refractivity contribution in [3.63, 3.8) is 0 Å². The smallest absolute Gasteiger partial charge is 0.322 e. The number of hydrogen-bond donors (Lipinski definition) is 33. The molecule has 0 spiro atoms. The van der Waals surface area contributed by atoms with Crippen molar-refractivity contribution in [2.75, 3.05) is 69.7 Å². The Balaban J connectivity index is 2.10. The summed E-state index contributed by atoms with van der Waals surface area (Å²) in [5.74, 6) is -27.4. The van der Waals surface area contributed by atoms with Crippen LogP contribution in [0.25, 0.3) is 0 Å². The minimum Gasteiger partial charge on any atom is -0.508 e. The van der Waals surface area contributed by atoms with Crippen LogP contribution in [0.4, 0.5) is 0 Å². The largest absolute Gasteiger partial charge is 0.508 e. The summed E-state index contributed by atoms with van der Waals surface area (Å²) in [6.45, 7) is 0.867. The number of aliphatic hydroxyl groups is 2. The molecule has 2 aromatic carbocycles. The van der Waals surface area contributed by atoms with Gasteiger partial charge in [0.1, 0.15) is 96.9 Å². The number of aliphatic hydroxyl groups excluding tert-OH is 2. The van der Waals surface area contributed by atoms with Crippen LogP contribution in [-0.4, -0.2) is 321 Å². The molecule has 0 aromatic heterocycles. The van der Waals surface area contributed by atoms with Gasteiger partial charge in [-0.3, -0.25) is 107 Å². The zero-order valence-electron chi connectivity index (χ0n) is 75.4. The van der Waals surface area contributed by atoms with Gasteiger partial charge < -0.3 is 160 Å².